The van der Waals surface area contributed by atoms with Crippen LogP contribution in [0.15, 0.2) is 24.3 Å². The van der Waals surface area contributed by atoms with Crippen LogP contribution in [-0.2, 0) is 0 Å². The second kappa shape index (κ2) is 6.17. The highest BCUT2D eigenvalue weighted by atomic mass is 16.4. The summed E-state index contributed by atoms with van der Waals surface area (Å²) in [5.74, 6) is 0. The summed E-state index contributed by atoms with van der Waals surface area (Å²) in [6.45, 7) is 6.82. The van der Waals surface area contributed by atoms with Gasteiger partial charge in [0.1, 0.15) is 5.69 Å². The highest BCUT2D eigenvalue weighted by Gasteiger charge is 2.29. The first-order valence-electron chi connectivity index (χ1n) is 6.74. The molecule has 4 heteroatoms. The molecular weight excluding hydrogens is 240 g/mol. The average Bonchev–Trinajstić information content (AvgIpc) is 2.40. The Bertz CT molecular complexity index is 440. The van der Waals surface area contributed by atoms with Gasteiger partial charge in [0.25, 0.3) is 6.09 Å². The molecule has 0 aliphatic heterocycles. The molecule has 4 nitrogen and oxygen atoms in total. The molecule has 1 aromatic rings. The minimum atomic E-state index is -1.04. The summed E-state index contributed by atoms with van der Waals surface area (Å²) in [4.78, 5) is 13.7. The zero-order chi connectivity index (χ0) is 14.6. The molecular formula is C15H24N2O2. The summed E-state index contributed by atoms with van der Waals surface area (Å²) in [5, 5.41) is 11.5. The molecule has 0 heterocycles. The average molecular weight is 264 g/mol. The molecule has 1 rings (SSSR count). The Hall–Kier alpha value is -1.39. The molecule has 0 radical (unpaired) electrons. The smallest absolute Gasteiger partial charge is 0.262 e. The maximum Gasteiger partial charge on any atom is 0.262 e. The van der Waals surface area contributed by atoms with E-state index in [2.05, 4.69) is 11.8 Å². The second-order valence-electron chi connectivity index (χ2n) is 5.10. The Balaban J connectivity index is 3.27. The van der Waals surface area contributed by atoms with Crippen LogP contribution in [0.3, 0.4) is 0 Å². The quantitative estimate of drug-likeness (QED) is 0.764. The van der Waals surface area contributed by atoms with Gasteiger partial charge < -0.3 is 14.8 Å². The van der Waals surface area contributed by atoms with Crippen LogP contribution in [0, 0.1) is 0 Å². The standard InChI is InChI=1S/C15H24N2O2/c1-6-17(7-2,15(18)19)14-10-8-9-13(11-14)12(3)16(4)5/h8-12H,6-7H2,1-5H3. The fourth-order valence-electron chi connectivity index (χ4n) is 2.30. The van der Waals surface area contributed by atoms with Crippen molar-refractivity contribution in [2.45, 2.75) is 26.8 Å². The van der Waals surface area contributed by atoms with Gasteiger partial charge in [-0.25, -0.2) is 4.48 Å². The van der Waals surface area contributed by atoms with Crippen LogP contribution in [0.5, 0.6) is 0 Å². The number of carbonyl (C=O) groups is 1. The molecule has 0 aliphatic rings. The highest BCUT2D eigenvalue weighted by molar-refractivity contribution is 5.79. The number of hydrogen-bond donors (Lipinski definition) is 0. The van der Waals surface area contributed by atoms with Crippen LogP contribution in [0.2, 0.25) is 0 Å². The van der Waals surface area contributed by atoms with Crippen molar-refractivity contribution >= 4 is 11.8 Å². The molecule has 0 bridgehead atoms. The third-order valence-corrected chi connectivity index (χ3v) is 4.05. The molecule has 1 unspecified atom stereocenters. The van der Waals surface area contributed by atoms with Crippen LogP contribution in [0.25, 0.3) is 0 Å². The van der Waals surface area contributed by atoms with Gasteiger partial charge >= 0.3 is 0 Å². The maximum absolute atomic E-state index is 11.5. The van der Waals surface area contributed by atoms with Crippen LogP contribution < -0.4 is 9.59 Å². The molecule has 0 N–H and O–H groups in total. The molecule has 19 heavy (non-hydrogen) atoms. The predicted molar refractivity (Wildman–Crippen MR) is 76.8 cm³/mol. The molecule has 1 atom stereocenters. The first-order chi connectivity index (χ1) is 8.89. The van der Waals surface area contributed by atoms with Gasteiger partial charge in [-0.3, -0.25) is 0 Å². The Kier molecular flexibility index (Phi) is 5.09. The Morgan fingerprint density at radius 3 is 2.32 bits per heavy atom. The van der Waals surface area contributed by atoms with Gasteiger partial charge in [0.15, 0.2) is 0 Å². The zero-order valence-corrected chi connectivity index (χ0v) is 12.5. The monoisotopic (exact) mass is 264 g/mol. The molecule has 0 aromatic heterocycles. The number of benzene rings is 1. The van der Waals surface area contributed by atoms with E-state index in [0.29, 0.717) is 13.1 Å². The zero-order valence-electron chi connectivity index (χ0n) is 12.5. The Morgan fingerprint density at radius 1 is 1.32 bits per heavy atom. The van der Waals surface area contributed by atoms with Gasteiger partial charge in [-0.1, -0.05) is 12.1 Å². The summed E-state index contributed by atoms with van der Waals surface area (Å²) in [6.07, 6.45) is -1.04. The fraction of sp³-hybridized carbons (Fsp3) is 0.533. The van der Waals surface area contributed by atoms with Crippen molar-refractivity contribution in [1.29, 1.82) is 0 Å². The van der Waals surface area contributed by atoms with Crippen molar-refractivity contribution < 1.29 is 9.90 Å². The molecule has 0 aliphatic carbocycles. The Morgan fingerprint density at radius 2 is 1.89 bits per heavy atom. The lowest BCUT2D eigenvalue weighted by Gasteiger charge is -2.36. The molecule has 0 spiro atoms. The van der Waals surface area contributed by atoms with E-state index >= 15 is 0 Å². The Labute approximate surface area is 115 Å². The number of hydrogen-bond acceptors (Lipinski definition) is 3. The highest BCUT2D eigenvalue weighted by Crippen LogP contribution is 2.27. The SMILES string of the molecule is CC[N+](CC)(C(=O)[O-])c1cccc(C(C)N(C)C)c1. The number of rotatable bonds is 5. The molecule has 106 valence electrons. The number of carbonyl (C=O) groups excluding carboxylic acids is 1. The van der Waals surface area contributed by atoms with Gasteiger partial charge in [0.05, 0.1) is 13.1 Å². The van der Waals surface area contributed by atoms with Crippen LogP contribution in [0.1, 0.15) is 32.4 Å². The number of amides is 1. The van der Waals surface area contributed by atoms with Crippen LogP contribution >= 0.6 is 0 Å². The third-order valence-electron chi connectivity index (χ3n) is 4.05. The lowest BCUT2D eigenvalue weighted by Crippen LogP contribution is -2.60. The topological polar surface area (TPSA) is 43.4 Å². The van der Waals surface area contributed by atoms with Gasteiger partial charge in [0, 0.05) is 12.1 Å². The lowest BCUT2D eigenvalue weighted by molar-refractivity contribution is -0.263. The second-order valence-corrected chi connectivity index (χ2v) is 5.10. The molecule has 1 amide bonds. The van der Waals surface area contributed by atoms with E-state index in [9.17, 15) is 9.90 Å². The van der Waals surface area contributed by atoms with Crippen molar-refractivity contribution in [2.75, 3.05) is 27.2 Å². The van der Waals surface area contributed by atoms with E-state index in [1.54, 1.807) is 0 Å². The summed E-state index contributed by atoms with van der Waals surface area (Å²) >= 11 is 0. The van der Waals surface area contributed by atoms with Crippen molar-refractivity contribution in [2.24, 2.45) is 0 Å². The number of quaternary nitrogens is 1. The van der Waals surface area contributed by atoms with Crippen molar-refractivity contribution in [3.05, 3.63) is 29.8 Å². The third kappa shape index (κ3) is 2.96. The summed E-state index contributed by atoms with van der Waals surface area (Å²) in [6, 6.07) is 8.05. The first-order valence-corrected chi connectivity index (χ1v) is 6.74. The van der Waals surface area contributed by atoms with Crippen molar-refractivity contribution in [3.8, 4) is 0 Å². The van der Waals surface area contributed by atoms with E-state index in [1.807, 2.05) is 52.2 Å². The van der Waals surface area contributed by atoms with E-state index in [0.717, 1.165) is 11.3 Å². The number of nitrogens with zero attached hydrogens (tertiary/aromatic N) is 2. The van der Waals surface area contributed by atoms with E-state index in [-0.39, 0.29) is 10.5 Å². The minimum Gasteiger partial charge on any atom is -0.498 e. The van der Waals surface area contributed by atoms with Gasteiger partial charge in [-0.15, -0.1) is 0 Å². The van der Waals surface area contributed by atoms with Gasteiger partial charge in [0.2, 0.25) is 0 Å². The van der Waals surface area contributed by atoms with Gasteiger partial charge in [-0.2, -0.15) is 0 Å². The fourth-order valence-corrected chi connectivity index (χ4v) is 2.30. The van der Waals surface area contributed by atoms with E-state index in [4.69, 9.17) is 0 Å². The summed E-state index contributed by atoms with van der Waals surface area (Å²) in [7, 11) is 4.02. The largest absolute Gasteiger partial charge is 0.498 e. The molecule has 0 fully saturated rings. The van der Waals surface area contributed by atoms with Gasteiger partial charge in [-0.05, 0) is 46.5 Å². The summed E-state index contributed by atoms with van der Waals surface area (Å²) in [5.41, 5.74) is 1.91. The van der Waals surface area contributed by atoms with E-state index in [1.165, 1.54) is 0 Å². The number of carboxylic acid groups (broad SMARTS) is 1. The van der Waals surface area contributed by atoms with Crippen LogP contribution in [-0.4, -0.2) is 38.2 Å². The van der Waals surface area contributed by atoms with Crippen molar-refractivity contribution in [3.63, 3.8) is 0 Å². The van der Waals surface area contributed by atoms with Crippen molar-refractivity contribution in [1.82, 2.24) is 9.38 Å². The molecule has 0 saturated carbocycles. The molecule has 0 saturated heterocycles. The van der Waals surface area contributed by atoms with Crippen LogP contribution in [0.4, 0.5) is 10.5 Å². The normalized spacial score (nSPS) is 13.6. The first kappa shape index (κ1) is 15.7. The maximum atomic E-state index is 11.5. The predicted octanol–water partition coefficient (Wildman–Crippen LogP) is 2.00. The molecule has 1 aromatic carbocycles. The lowest BCUT2D eigenvalue weighted by atomic mass is 10.1. The minimum absolute atomic E-state index is 0.131. The van der Waals surface area contributed by atoms with E-state index < -0.39 is 6.09 Å². The summed E-state index contributed by atoms with van der Waals surface area (Å²) < 4.78 is -0.131.